The zero-order valence-corrected chi connectivity index (χ0v) is 16.4. The summed E-state index contributed by atoms with van der Waals surface area (Å²) in [5.41, 5.74) is 6.63. The lowest BCUT2D eigenvalue weighted by atomic mass is 10.2. The van der Waals surface area contributed by atoms with E-state index >= 15 is 0 Å². The van der Waals surface area contributed by atoms with Crippen molar-refractivity contribution >= 4 is 22.5 Å². The Labute approximate surface area is 169 Å². The minimum atomic E-state index is 0.636. The van der Waals surface area contributed by atoms with E-state index in [1.807, 2.05) is 12.1 Å². The average molecular weight is 382 g/mol. The van der Waals surface area contributed by atoms with E-state index < -0.39 is 0 Å². The first-order valence-electron chi connectivity index (χ1n) is 10.3. The molecule has 3 heterocycles. The molecule has 0 spiro atoms. The standard InChI is InChI=1S/C23H22N6/c1-29-20-8-7-16(13-19(20)27-23(29)15-5-6-15)25-22-17-3-2-4-18(17)26-21(28-22)14-9-11-24-12-10-14/h7-13,15H,2-6H2,1H3,(H,25,26,28). The molecule has 2 aliphatic carbocycles. The van der Waals surface area contributed by atoms with Crippen LogP contribution in [0.3, 0.4) is 0 Å². The largest absolute Gasteiger partial charge is 0.340 e. The van der Waals surface area contributed by atoms with Gasteiger partial charge in [-0.3, -0.25) is 4.98 Å². The number of hydrogen-bond donors (Lipinski definition) is 1. The first-order chi connectivity index (χ1) is 14.3. The van der Waals surface area contributed by atoms with Crippen LogP contribution in [0.25, 0.3) is 22.4 Å². The van der Waals surface area contributed by atoms with E-state index in [1.165, 1.54) is 29.7 Å². The summed E-state index contributed by atoms with van der Waals surface area (Å²) in [4.78, 5) is 18.7. The maximum atomic E-state index is 4.90. The van der Waals surface area contributed by atoms with Crippen LogP contribution in [-0.4, -0.2) is 24.5 Å². The van der Waals surface area contributed by atoms with Crippen molar-refractivity contribution in [3.05, 3.63) is 59.8 Å². The van der Waals surface area contributed by atoms with Gasteiger partial charge < -0.3 is 9.88 Å². The fourth-order valence-corrected chi connectivity index (χ4v) is 4.31. The second kappa shape index (κ2) is 6.37. The molecule has 1 saturated carbocycles. The van der Waals surface area contributed by atoms with Gasteiger partial charge in [-0.1, -0.05) is 0 Å². The highest BCUT2D eigenvalue weighted by Crippen LogP contribution is 2.40. The number of nitrogens with one attached hydrogen (secondary N) is 1. The van der Waals surface area contributed by atoms with E-state index in [9.17, 15) is 0 Å². The van der Waals surface area contributed by atoms with Gasteiger partial charge in [0.15, 0.2) is 5.82 Å². The Morgan fingerprint density at radius 1 is 1.00 bits per heavy atom. The molecule has 0 aliphatic heterocycles. The maximum Gasteiger partial charge on any atom is 0.161 e. The highest BCUT2D eigenvalue weighted by Gasteiger charge is 2.28. The average Bonchev–Trinajstić information content (AvgIpc) is 3.39. The van der Waals surface area contributed by atoms with Crippen LogP contribution < -0.4 is 5.32 Å². The quantitative estimate of drug-likeness (QED) is 0.561. The van der Waals surface area contributed by atoms with Gasteiger partial charge in [0, 0.05) is 47.9 Å². The van der Waals surface area contributed by atoms with E-state index in [2.05, 4.69) is 40.1 Å². The summed E-state index contributed by atoms with van der Waals surface area (Å²) in [6.07, 6.45) is 9.24. The lowest BCUT2D eigenvalue weighted by Gasteiger charge is -2.12. The Morgan fingerprint density at radius 2 is 1.86 bits per heavy atom. The third kappa shape index (κ3) is 2.87. The second-order valence-corrected chi connectivity index (χ2v) is 8.04. The molecule has 1 aromatic carbocycles. The van der Waals surface area contributed by atoms with Crippen LogP contribution >= 0.6 is 0 Å². The molecule has 4 aromatic rings. The highest BCUT2D eigenvalue weighted by atomic mass is 15.1. The number of nitrogens with zero attached hydrogens (tertiary/aromatic N) is 5. The number of pyridine rings is 1. The maximum absolute atomic E-state index is 4.90. The summed E-state index contributed by atoms with van der Waals surface area (Å²) in [6.45, 7) is 0. The predicted molar refractivity (Wildman–Crippen MR) is 113 cm³/mol. The normalized spacial score (nSPS) is 15.6. The molecule has 1 N–H and O–H groups in total. The minimum Gasteiger partial charge on any atom is -0.340 e. The van der Waals surface area contributed by atoms with E-state index in [0.29, 0.717) is 5.92 Å². The number of aromatic nitrogens is 5. The molecule has 0 unspecified atom stereocenters. The van der Waals surface area contributed by atoms with Crippen LogP contribution in [0.4, 0.5) is 11.5 Å². The fourth-order valence-electron chi connectivity index (χ4n) is 4.31. The van der Waals surface area contributed by atoms with Crippen LogP contribution in [-0.2, 0) is 19.9 Å². The molecular weight excluding hydrogens is 360 g/mol. The minimum absolute atomic E-state index is 0.636. The van der Waals surface area contributed by atoms with Gasteiger partial charge in [0.25, 0.3) is 0 Å². The molecule has 144 valence electrons. The predicted octanol–water partition coefficient (Wildman–Crippen LogP) is 4.54. The first kappa shape index (κ1) is 16.7. The SMILES string of the molecule is Cn1c(C2CC2)nc2cc(Nc3nc(-c4ccncc4)nc4c3CCC4)ccc21. The number of fused-ring (bicyclic) bond motifs is 2. The van der Waals surface area contributed by atoms with Crippen molar-refractivity contribution in [3.63, 3.8) is 0 Å². The van der Waals surface area contributed by atoms with Crippen LogP contribution in [0.2, 0.25) is 0 Å². The van der Waals surface area contributed by atoms with Gasteiger partial charge in [-0.2, -0.15) is 0 Å². The number of benzene rings is 1. The summed E-state index contributed by atoms with van der Waals surface area (Å²) >= 11 is 0. The van der Waals surface area contributed by atoms with Gasteiger partial charge in [-0.15, -0.1) is 0 Å². The highest BCUT2D eigenvalue weighted by molar-refractivity contribution is 5.82. The molecule has 6 rings (SSSR count). The summed E-state index contributed by atoms with van der Waals surface area (Å²) in [7, 11) is 2.12. The molecule has 0 saturated heterocycles. The third-order valence-electron chi connectivity index (χ3n) is 5.99. The van der Waals surface area contributed by atoms with Gasteiger partial charge in [-0.05, 0) is 62.4 Å². The van der Waals surface area contributed by atoms with Gasteiger partial charge in [-0.25, -0.2) is 15.0 Å². The molecule has 3 aromatic heterocycles. The van der Waals surface area contributed by atoms with Crippen LogP contribution in [0, 0.1) is 0 Å². The lowest BCUT2D eigenvalue weighted by molar-refractivity contribution is 0.820. The third-order valence-corrected chi connectivity index (χ3v) is 5.99. The van der Waals surface area contributed by atoms with Crippen molar-refractivity contribution in [1.29, 1.82) is 0 Å². The zero-order valence-electron chi connectivity index (χ0n) is 16.4. The summed E-state index contributed by atoms with van der Waals surface area (Å²) in [5.74, 6) is 3.51. The molecule has 6 heteroatoms. The smallest absolute Gasteiger partial charge is 0.161 e. The van der Waals surface area contributed by atoms with Crippen molar-refractivity contribution in [1.82, 2.24) is 24.5 Å². The fraction of sp³-hybridized carbons (Fsp3) is 0.304. The van der Waals surface area contributed by atoms with Gasteiger partial charge in [0.05, 0.1) is 11.0 Å². The molecule has 0 bridgehead atoms. The van der Waals surface area contributed by atoms with E-state index in [4.69, 9.17) is 15.0 Å². The summed E-state index contributed by atoms with van der Waals surface area (Å²) in [6, 6.07) is 10.3. The molecule has 29 heavy (non-hydrogen) atoms. The van der Waals surface area contributed by atoms with Crippen molar-refractivity contribution in [2.45, 2.75) is 38.0 Å². The van der Waals surface area contributed by atoms with Gasteiger partial charge in [0.1, 0.15) is 11.6 Å². The van der Waals surface area contributed by atoms with Crippen molar-refractivity contribution in [3.8, 4) is 11.4 Å². The van der Waals surface area contributed by atoms with Gasteiger partial charge in [0.2, 0.25) is 0 Å². The molecule has 0 amide bonds. The van der Waals surface area contributed by atoms with E-state index in [-0.39, 0.29) is 0 Å². The Balaban J connectivity index is 1.40. The number of rotatable bonds is 4. The second-order valence-electron chi connectivity index (χ2n) is 8.04. The van der Waals surface area contributed by atoms with Crippen molar-refractivity contribution in [2.75, 3.05) is 5.32 Å². The lowest BCUT2D eigenvalue weighted by Crippen LogP contribution is -2.04. The van der Waals surface area contributed by atoms with Crippen LogP contribution in [0.5, 0.6) is 0 Å². The molecule has 0 atom stereocenters. The van der Waals surface area contributed by atoms with Crippen molar-refractivity contribution < 1.29 is 0 Å². The topological polar surface area (TPSA) is 68.5 Å². The first-order valence-corrected chi connectivity index (χ1v) is 10.3. The Kier molecular flexibility index (Phi) is 3.66. The molecule has 1 fully saturated rings. The van der Waals surface area contributed by atoms with Crippen LogP contribution in [0.1, 0.15) is 42.3 Å². The number of hydrogen-bond acceptors (Lipinski definition) is 5. The number of imidazole rings is 1. The number of anilines is 2. The number of aryl methyl sites for hydroxylation is 2. The van der Waals surface area contributed by atoms with E-state index in [1.54, 1.807) is 12.4 Å². The Morgan fingerprint density at radius 3 is 2.69 bits per heavy atom. The van der Waals surface area contributed by atoms with Gasteiger partial charge >= 0.3 is 0 Å². The monoisotopic (exact) mass is 382 g/mol. The molecule has 2 aliphatic rings. The van der Waals surface area contributed by atoms with Crippen LogP contribution in [0.15, 0.2) is 42.7 Å². The zero-order chi connectivity index (χ0) is 19.4. The Hall–Kier alpha value is -3.28. The van der Waals surface area contributed by atoms with Crippen molar-refractivity contribution in [2.24, 2.45) is 7.05 Å². The summed E-state index contributed by atoms with van der Waals surface area (Å²) < 4.78 is 2.24. The summed E-state index contributed by atoms with van der Waals surface area (Å²) in [5, 5.41) is 3.56. The molecule has 0 radical (unpaired) electrons. The molecule has 6 nitrogen and oxygen atoms in total. The molecular formula is C23H22N6. The Bertz CT molecular complexity index is 1220. The van der Waals surface area contributed by atoms with E-state index in [0.717, 1.165) is 53.4 Å².